The van der Waals surface area contributed by atoms with Crippen molar-refractivity contribution < 1.29 is 9.47 Å². The van der Waals surface area contributed by atoms with Crippen LogP contribution < -0.4 is 0 Å². The molecule has 7 nitrogen and oxygen atoms in total. The zero-order chi connectivity index (χ0) is 19.3. The summed E-state index contributed by atoms with van der Waals surface area (Å²) in [6.45, 7) is 2.01. The minimum atomic E-state index is -0.101. The van der Waals surface area contributed by atoms with Gasteiger partial charge in [0.1, 0.15) is 12.9 Å². The van der Waals surface area contributed by atoms with Crippen LogP contribution in [0, 0.1) is 34.0 Å². The number of ether oxygens (including phenoxy) is 2. The molecule has 1 heterocycles. The molecule has 1 aromatic rings. The van der Waals surface area contributed by atoms with Crippen molar-refractivity contribution in [1.29, 1.82) is 15.8 Å². The van der Waals surface area contributed by atoms with E-state index in [4.69, 9.17) is 25.3 Å². The third kappa shape index (κ3) is 6.01. The van der Waals surface area contributed by atoms with E-state index in [0.29, 0.717) is 52.4 Å². The first-order valence-electron chi connectivity index (χ1n) is 8.86. The lowest BCUT2D eigenvalue weighted by atomic mass is 10.1. The van der Waals surface area contributed by atoms with Crippen molar-refractivity contribution in [2.24, 2.45) is 0 Å². The molecule has 0 aliphatic carbocycles. The molecule has 0 saturated carbocycles. The molecule has 0 fully saturated rings. The molecule has 1 unspecified atom stereocenters. The summed E-state index contributed by atoms with van der Waals surface area (Å²) in [5.41, 5.74) is 2.03. The van der Waals surface area contributed by atoms with Crippen molar-refractivity contribution in [1.82, 2.24) is 9.80 Å². The van der Waals surface area contributed by atoms with Crippen LogP contribution >= 0.6 is 0 Å². The number of hydrogen-bond acceptors (Lipinski definition) is 7. The standard InChI is InChI=1S/C20H23N5O2/c21-9-4-12-25-19(16-26-13-5-10-22)15-24(17-27-14-6-11-23)20(25)18-7-2-1-3-8-18/h1-3,7-8,15,20H,4-6,12-14,16-17H2. The molecule has 0 radical (unpaired) electrons. The second kappa shape index (κ2) is 11.5. The first-order chi connectivity index (χ1) is 13.3. The van der Waals surface area contributed by atoms with Gasteiger partial charge in [0.2, 0.25) is 0 Å². The van der Waals surface area contributed by atoms with Crippen LogP contribution in [-0.2, 0) is 9.47 Å². The molecule has 2 rings (SSSR count). The average molecular weight is 365 g/mol. The largest absolute Gasteiger partial charge is 0.374 e. The lowest BCUT2D eigenvalue weighted by Crippen LogP contribution is -2.34. The van der Waals surface area contributed by atoms with Gasteiger partial charge in [0.15, 0.2) is 0 Å². The highest BCUT2D eigenvalue weighted by atomic mass is 16.5. The normalized spacial score (nSPS) is 15.7. The summed E-state index contributed by atoms with van der Waals surface area (Å²) in [7, 11) is 0. The first kappa shape index (κ1) is 20.3. The predicted octanol–water partition coefficient (Wildman–Crippen LogP) is 2.88. The van der Waals surface area contributed by atoms with Gasteiger partial charge in [-0.05, 0) is 5.56 Å². The van der Waals surface area contributed by atoms with Gasteiger partial charge in [-0.1, -0.05) is 30.3 Å². The van der Waals surface area contributed by atoms with Gasteiger partial charge < -0.3 is 19.3 Å². The number of rotatable bonds is 11. The van der Waals surface area contributed by atoms with Gasteiger partial charge in [-0.15, -0.1) is 0 Å². The Bertz CT molecular complexity index is 729. The molecule has 1 atom stereocenters. The van der Waals surface area contributed by atoms with Crippen molar-refractivity contribution in [2.45, 2.75) is 25.4 Å². The monoisotopic (exact) mass is 365 g/mol. The fourth-order valence-electron chi connectivity index (χ4n) is 2.92. The Morgan fingerprint density at radius 3 is 2.22 bits per heavy atom. The van der Waals surface area contributed by atoms with Crippen molar-refractivity contribution in [2.75, 3.05) is 33.1 Å². The Morgan fingerprint density at radius 1 is 0.889 bits per heavy atom. The lowest BCUT2D eigenvalue weighted by molar-refractivity contribution is 0.00922. The van der Waals surface area contributed by atoms with Crippen LogP contribution in [0.4, 0.5) is 0 Å². The highest BCUT2D eigenvalue weighted by Gasteiger charge is 2.33. The van der Waals surface area contributed by atoms with Crippen molar-refractivity contribution in [3.05, 3.63) is 47.8 Å². The molecule has 0 spiro atoms. The van der Waals surface area contributed by atoms with Gasteiger partial charge in [0.25, 0.3) is 0 Å². The van der Waals surface area contributed by atoms with Gasteiger partial charge in [-0.2, -0.15) is 15.8 Å². The van der Waals surface area contributed by atoms with E-state index in [1.807, 2.05) is 41.4 Å². The summed E-state index contributed by atoms with van der Waals surface area (Å²) in [5, 5.41) is 26.4. The highest BCUT2D eigenvalue weighted by Crippen LogP contribution is 2.35. The van der Waals surface area contributed by atoms with E-state index in [9.17, 15) is 0 Å². The Labute approximate surface area is 160 Å². The molecule has 27 heavy (non-hydrogen) atoms. The topological polar surface area (TPSA) is 96.3 Å². The number of benzene rings is 1. The van der Waals surface area contributed by atoms with Gasteiger partial charge in [0, 0.05) is 12.7 Å². The Kier molecular flexibility index (Phi) is 8.66. The van der Waals surface area contributed by atoms with Crippen LogP contribution in [-0.4, -0.2) is 42.9 Å². The second-order valence-electron chi connectivity index (χ2n) is 5.93. The molecule has 7 heteroatoms. The summed E-state index contributed by atoms with van der Waals surface area (Å²) in [4.78, 5) is 4.19. The minimum Gasteiger partial charge on any atom is -0.374 e. The highest BCUT2D eigenvalue weighted by molar-refractivity contribution is 5.25. The summed E-state index contributed by atoms with van der Waals surface area (Å²) in [5.74, 6) is 0. The average Bonchev–Trinajstić information content (AvgIpc) is 3.05. The van der Waals surface area contributed by atoms with E-state index in [1.54, 1.807) is 0 Å². The molecule has 1 aliphatic rings. The van der Waals surface area contributed by atoms with Crippen LogP contribution in [0.5, 0.6) is 0 Å². The summed E-state index contributed by atoms with van der Waals surface area (Å²) in [6, 6.07) is 16.3. The maximum atomic E-state index is 9.05. The third-order valence-electron chi connectivity index (χ3n) is 4.06. The van der Waals surface area contributed by atoms with Crippen molar-refractivity contribution >= 4 is 0 Å². The Morgan fingerprint density at radius 2 is 1.56 bits per heavy atom. The number of nitrogens with zero attached hydrogens (tertiary/aromatic N) is 5. The quantitative estimate of drug-likeness (QED) is 0.556. The molecule has 0 aromatic heterocycles. The smallest absolute Gasteiger partial charge is 0.129 e. The SMILES string of the molecule is N#CCCOCC1=CN(COCCC#N)C(c2ccccc2)N1CCC#N. The molecule has 1 aromatic carbocycles. The maximum Gasteiger partial charge on any atom is 0.129 e. The van der Waals surface area contributed by atoms with Crippen molar-refractivity contribution in [3.63, 3.8) is 0 Å². The van der Waals surface area contributed by atoms with Gasteiger partial charge in [-0.3, -0.25) is 0 Å². The second-order valence-corrected chi connectivity index (χ2v) is 5.93. The molecule has 0 bridgehead atoms. The van der Waals surface area contributed by atoms with E-state index in [2.05, 4.69) is 23.1 Å². The fourth-order valence-corrected chi connectivity index (χ4v) is 2.92. The van der Waals surface area contributed by atoms with Crippen LogP contribution in [0.1, 0.15) is 31.0 Å². The molecular weight excluding hydrogens is 342 g/mol. The fraction of sp³-hybridized carbons (Fsp3) is 0.450. The molecule has 0 N–H and O–H groups in total. The van der Waals surface area contributed by atoms with Crippen LogP contribution in [0.25, 0.3) is 0 Å². The van der Waals surface area contributed by atoms with Gasteiger partial charge in [-0.25, -0.2) is 0 Å². The molecule has 0 saturated heterocycles. The predicted molar refractivity (Wildman–Crippen MR) is 98.1 cm³/mol. The number of nitriles is 3. The maximum absolute atomic E-state index is 9.05. The van der Waals surface area contributed by atoms with Crippen LogP contribution in [0.3, 0.4) is 0 Å². The molecule has 0 amide bonds. The van der Waals surface area contributed by atoms with E-state index < -0.39 is 0 Å². The van der Waals surface area contributed by atoms with E-state index >= 15 is 0 Å². The van der Waals surface area contributed by atoms with Crippen LogP contribution in [0.2, 0.25) is 0 Å². The Balaban J connectivity index is 2.17. The summed E-state index contributed by atoms with van der Waals surface area (Å²) >= 11 is 0. The third-order valence-corrected chi connectivity index (χ3v) is 4.06. The zero-order valence-corrected chi connectivity index (χ0v) is 15.3. The lowest BCUT2D eigenvalue weighted by Gasteiger charge is -2.34. The Hall–Kier alpha value is -3.05. The summed E-state index contributed by atoms with van der Waals surface area (Å²) in [6.07, 6.45) is 2.96. The first-order valence-corrected chi connectivity index (χ1v) is 8.86. The molecule has 140 valence electrons. The van der Waals surface area contributed by atoms with E-state index in [1.165, 1.54) is 0 Å². The zero-order valence-electron chi connectivity index (χ0n) is 15.3. The van der Waals surface area contributed by atoms with E-state index in [0.717, 1.165) is 11.3 Å². The molecular formula is C20H23N5O2. The van der Waals surface area contributed by atoms with Crippen LogP contribution in [0.15, 0.2) is 42.2 Å². The van der Waals surface area contributed by atoms with Gasteiger partial charge >= 0.3 is 0 Å². The van der Waals surface area contributed by atoms with Crippen molar-refractivity contribution in [3.8, 4) is 18.2 Å². The minimum absolute atomic E-state index is 0.101. The summed E-state index contributed by atoms with van der Waals surface area (Å²) < 4.78 is 11.3. The van der Waals surface area contributed by atoms with Gasteiger partial charge in [0.05, 0.1) is 63.0 Å². The van der Waals surface area contributed by atoms with E-state index in [-0.39, 0.29) is 6.17 Å². The number of hydrogen-bond donors (Lipinski definition) is 0. The molecule has 1 aliphatic heterocycles.